The Bertz CT molecular complexity index is 3030. The van der Waals surface area contributed by atoms with E-state index in [2.05, 4.69) is 0 Å². The number of aromatic hydroxyl groups is 1. The number of carbonyl (C=O) groups excluding carboxylic acids is 2. The van der Waals surface area contributed by atoms with Gasteiger partial charge in [0.25, 0.3) is 22.9 Å². The number of pyridine rings is 2. The molecule has 1 N–H and O–H groups in total. The predicted molar refractivity (Wildman–Crippen MR) is 226 cm³/mol. The molecule has 1 aliphatic rings. The number of hydrogen-bond acceptors (Lipinski definition) is 6. The van der Waals surface area contributed by atoms with Gasteiger partial charge in [-0.3, -0.25) is 28.6 Å². The number of methoxy groups -OCH3 is 1. The number of phenols is 1. The van der Waals surface area contributed by atoms with Crippen molar-refractivity contribution < 1.29 is 19.4 Å². The third-order valence-electron chi connectivity index (χ3n) is 11.1. The number of phenolic OH excluding ortho intramolecular Hbond substituents is 1. The van der Waals surface area contributed by atoms with E-state index in [4.69, 9.17) is 4.74 Å². The van der Waals surface area contributed by atoms with E-state index in [1.54, 1.807) is 52.6 Å². The van der Waals surface area contributed by atoms with Gasteiger partial charge in [0.05, 0.1) is 36.0 Å². The molecule has 0 saturated carbocycles. The van der Waals surface area contributed by atoms with Crippen LogP contribution in [-0.4, -0.2) is 38.1 Å². The maximum Gasteiger partial charge on any atom is 0.263 e. The lowest BCUT2D eigenvalue weighted by atomic mass is 9.92. The third kappa shape index (κ3) is 6.04. The van der Waals surface area contributed by atoms with E-state index in [1.165, 1.54) is 6.07 Å². The second-order valence-electron chi connectivity index (χ2n) is 14.4. The van der Waals surface area contributed by atoms with Gasteiger partial charge in [0.2, 0.25) is 0 Å². The first-order chi connectivity index (χ1) is 28.2. The van der Waals surface area contributed by atoms with Crippen LogP contribution in [0.2, 0.25) is 0 Å². The number of rotatable bonds is 9. The summed E-state index contributed by atoms with van der Waals surface area (Å²) in [5.41, 5.74) is 6.54. The Hall–Kier alpha value is -7.52. The highest BCUT2D eigenvalue weighted by Gasteiger charge is 2.36. The van der Waals surface area contributed by atoms with E-state index in [1.807, 2.05) is 110 Å². The summed E-state index contributed by atoms with van der Waals surface area (Å²) in [5.74, 6) is -0.376. The number of nitrogens with zero attached hydrogens (tertiary/aromatic N) is 3. The first kappa shape index (κ1) is 36.1. The smallest absolute Gasteiger partial charge is 0.263 e. The number of hydrogen-bond donors (Lipinski definition) is 1. The van der Waals surface area contributed by atoms with Crippen LogP contribution >= 0.6 is 0 Å². The summed E-state index contributed by atoms with van der Waals surface area (Å²) in [6, 6.07) is 44.6. The molecule has 6 aromatic carbocycles. The van der Waals surface area contributed by atoms with Crippen molar-refractivity contribution in [1.29, 1.82) is 0 Å². The minimum atomic E-state index is -0.458. The zero-order chi connectivity index (χ0) is 40.1. The number of aromatic nitrogens is 2. The normalized spacial score (nSPS) is 12.4. The molecule has 0 fully saturated rings. The zero-order valence-electron chi connectivity index (χ0n) is 31.8. The van der Waals surface area contributed by atoms with Gasteiger partial charge in [-0.2, -0.15) is 0 Å². The Morgan fingerprint density at radius 2 is 1.26 bits per heavy atom. The van der Waals surface area contributed by atoms with Gasteiger partial charge in [0.15, 0.2) is 0 Å². The number of carbonyl (C=O) groups is 2. The van der Waals surface area contributed by atoms with E-state index in [0.717, 1.165) is 38.2 Å². The molecule has 0 radical (unpaired) electrons. The third-order valence-corrected chi connectivity index (χ3v) is 11.1. The summed E-state index contributed by atoms with van der Waals surface area (Å²) in [6.07, 6.45) is 0.360. The van der Waals surface area contributed by atoms with Crippen LogP contribution in [0, 0.1) is 6.92 Å². The summed E-state index contributed by atoms with van der Waals surface area (Å²) >= 11 is 0. The fourth-order valence-electron chi connectivity index (χ4n) is 8.21. The molecule has 284 valence electrons. The highest BCUT2D eigenvalue weighted by Crippen LogP contribution is 2.39. The fraction of sp³-hybridized carbons (Fsp3) is 0.102. The van der Waals surface area contributed by atoms with Gasteiger partial charge in [-0.1, -0.05) is 84.9 Å². The van der Waals surface area contributed by atoms with Crippen LogP contribution in [0.1, 0.15) is 37.4 Å². The summed E-state index contributed by atoms with van der Waals surface area (Å²) in [7, 11) is 1.60. The minimum Gasteiger partial charge on any atom is -0.508 e. The number of ether oxygens (including phenoxy) is 1. The lowest BCUT2D eigenvalue weighted by Gasteiger charge is -2.22. The molecule has 0 unspecified atom stereocenters. The van der Waals surface area contributed by atoms with Gasteiger partial charge in [-0.25, -0.2) is 0 Å². The summed E-state index contributed by atoms with van der Waals surface area (Å²) < 4.78 is 8.79. The van der Waals surface area contributed by atoms with Gasteiger partial charge in [0, 0.05) is 40.2 Å². The maximum atomic E-state index is 14.9. The minimum absolute atomic E-state index is 0.129. The van der Waals surface area contributed by atoms with Crippen LogP contribution in [0.3, 0.4) is 0 Å². The summed E-state index contributed by atoms with van der Waals surface area (Å²) in [4.78, 5) is 56.7. The van der Waals surface area contributed by atoms with Crippen LogP contribution in [0.5, 0.6) is 11.5 Å². The average Bonchev–Trinajstić information content (AvgIpc) is 3.49. The SMILES string of the molecule is COc1ccc(-n2c(-c3ccccc3)c(-c3ccccc3)c3ccc(CCn4c(=O)cc(C)c5ccc(O)c(CN6C(=O)c7ccccc7C6=O)c54)cc3c2=O)cc1. The fourth-order valence-corrected chi connectivity index (χ4v) is 8.21. The van der Waals surface area contributed by atoms with Crippen LogP contribution in [-0.2, 0) is 19.5 Å². The number of aryl methyl sites for hydroxylation is 3. The zero-order valence-corrected chi connectivity index (χ0v) is 31.8. The molecule has 0 atom stereocenters. The van der Waals surface area contributed by atoms with E-state index >= 15 is 0 Å². The lowest BCUT2D eigenvalue weighted by Crippen LogP contribution is -2.30. The molecule has 0 spiro atoms. The van der Waals surface area contributed by atoms with Crippen molar-refractivity contribution in [2.24, 2.45) is 0 Å². The van der Waals surface area contributed by atoms with Gasteiger partial charge < -0.3 is 14.4 Å². The molecule has 9 heteroatoms. The highest BCUT2D eigenvalue weighted by atomic mass is 16.5. The average molecular weight is 764 g/mol. The second kappa shape index (κ2) is 14.5. The van der Waals surface area contributed by atoms with E-state index in [0.29, 0.717) is 56.4 Å². The Labute approximate surface area is 333 Å². The first-order valence-electron chi connectivity index (χ1n) is 19.0. The summed E-state index contributed by atoms with van der Waals surface area (Å²) in [6.45, 7) is 1.80. The molecule has 3 heterocycles. The van der Waals surface area contributed by atoms with Gasteiger partial charge in [-0.05, 0) is 95.6 Å². The van der Waals surface area contributed by atoms with Crippen molar-refractivity contribution in [1.82, 2.24) is 14.0 Å². The topological polar surface area (TPSA) is 111 Å². The number of imide groups is 1. The molecule has 2 aromatic heterocycles. The van der Waals surface area contributed by atoms with E-state index in [-0.39, 0.29) is 30.0 Å². The Morgan fingerprint density at radius 1 is 0.638 bits per heavy atom. The number of benzene rings is 6. The lowest BCUT2D eigenvalue weighted by molar-refractivity contribution is 0.0642. The van der Waals surface area contributed by atoms with Crippen molar-refractivity contribution in [3.8, 4) is 39.6 Å². The Morgan fingerprint density at radius 3 is 1.91 bits per heavy atom. The molecule has 8 aromatic rings. The molecule has 2 amide bonds. The van der Waals surface area contributed by atoms with Crippen LogP contribution in [0.25, 0.3) is 49.7 Å². The number of fused-ring (bicyclic) bond motifs is 3. The molecule has 0 saturated heterocycles. The molecular formula is C49H37N3O6. The van der Waals surface area contributed by atoms with Gasteiger partial charge in [-0.15, -0.1) is 0 Å². The van der Waals surface area contributed by atoms with E-state index < -0.39 is 11.8 Å². The number of amides is 2. The van der Waals surface area contributed by atoms with Gasteiger partial charge >= 0.3 is 0 Å². The standard InChI is InChI=1S/C49H37N3O6/c1-30-27-43(54)50(46-36(30)23-24-42(53)41(46)29-51-47(55)38-15-9-10-16-39(38)48(51)56)26-25-31-17-22-37-40(28-31)49(57)52(34-18-20-35(58-2)21-19-34)45(33-13-7-4-8-14-33)44(37)32-11-5-3-6-12-32/h3-24,27-28,53H,25-26,29H2,1-2H3. The van der Waals surface area contributed by atoms with Gasteiger partial charge in [0.1, 0.15) is 11.5 Å². The molecule has 9 nitrogen and oxygen atoms in total. The first-order valence-corrected chi connectivity index (χ1v) is 19.0. The maximum absolute atomic E-state index is 14.9. The van der Waals surface area contributed by atoms with Crippen molar-refractivity contribution in [2.75, 3.05) is 7.11 Å². The van der Waals surface area contributed by atoms with Crippen LogP contribution < -0.4 is 15.9 Å². The van der Waals surface area contributed by atoms with Crippen molar-refractivity contribution in [2.45, 2.75) is 26.4 Å². The largest absolute Gasteiger partial charge is 0.508 e. The highest BCUT2D eigenvalue weighted by molar-refractivity contribution is 6.21. The molecular weight excluding hydrogens is 727 g/mol. The molecule has 0 aliphatic carbocycles. The van der Waals surface area contributed by atoms with E-state index in [9.17, 15) is 24.3 Å². The summed E-state index contributed by atoms with van der Waals surface area (Å²) in [5, 5.41) is 13.3. The molecule has 58 heavy (non-hydrogen) atoms. The van der Waals surface area contributed by atoms with Crippen LogP contribution in [0.15, 0.2) is 155 Å². The van der Waals surface area contributed by atoms with Crippen molar-refractivity contribution >= 4 is 33.5 Å². The molecule has 9 rings (SSSR count). The molecule has 1 aliphatic heterocycles. The van der Waals surface area contributed by atoms with Crippen LogP contribution in [0.4, 0.5) is 0 Å². The predicted octanol–water partition coefficient (Wildman–Crippen LogP) is 8.70. The van der Waals surface area contributed by atoms with Crippen molar-refractivity contribution in [3.05, 3.63) is 194 Å². The molecule has 0 bridgehead atoms. The quantitative estimate of drug-likeness (QED) is 0.147. The Balaban J connectivity index is 1.18. The monoisotopic (exact) mass is 763 g/mol. The van der Waals surface area contributed by atoms with Crippen molar-refractivity contribution in [3.63, 3.8) is 0 Å². The Kier molecular flexibility index (Phi) is 9.05. The second-order valence-corrected chi connectivity index (χ2v) is 14.4.